The first-order chi connectivity index (χ1) is 16.8. The highest BCUT2D eigenvalue weighted by molar-refractivity contribution is 7.89. The molecular formula is C25H31N3O5S2. The van der Waals surface area contributed by atoms with Crippen LogP contribution in [0.25, 0.3) is 10.2 Å². The number of hydrogen-bond acceptors (Lipinski definition) is 6. The molecule has 1 amide bonds. The molecule has 3 aromatic rings. The monoisotopic (exact) mass is 517 g/mol. The van der Waals surface area contributed by atoms with Gasteiger partial charge in [-0.3, -0.25) is 4.79 Å². The van der Waals surface area contributed by atoms with E-state index in [4.69, 9.17) is 9.47 Å². The van der Waals surface area contributed by atoms with E-state index in [0.717, 1.165) is 21.5 Å². The number of carbonyl (C=O) groups is 1. The van der Waals surface area contributed by atoms with Crippen LogP contribution in [0, 0.1) is 12.8 Å². The Morgan fingerprint density at radius 1 is 1.20 bits per heavy atom. The minimum absolute atomic E-state index is 0.135. The first-order valence-electron chi connectivity index (χ1n) is 11.7. The van der Waals surface area contributed by atoms with E-state index in [1.807, 2.05) is 36.6 Å². The molecule has 4 rings (SSSR count). The van der Waals surface area contributed by atoms with E-state index in [1.165, 1.54) is 15.6 Å². The van der Waals surface area contributed by atoms with Gasteiger partial charge >= 0.3 is 0 Å². The van der Waals surface area contributed by atoms with Crippen LogP contribution >= 0.6 is 11.3 Å². The molecule has 1 aliphatic heterocycles. The van der Waals surface area contributed by atoms with Crippen LogP contribution in [-0.4, -0.2) is 56.6 Å². The number of piperidine rings is 1. The van der Waals surface area contributed by atoms with Crippen molar-refractivity contribution in [2.24, 2.45) is 10.9 Å². The van der Waals surface area contributed by atoms with Gasteiger partial charge in [0, 0.05) is 26.7 Å². The molecule has 188 valence electrons. The third-order valence-corrected chi connectivity index (χ3v) is 9.00. The Labute approximate surface area is 209 Å². The number of carbonyl (C=O) groups excluding carboxylic acids is 1. The first-order valence-corrected chi connectivity index (χ1v) is 14.0. The average molecular weight is 518 g/mol. The quantitative estimate of drug-likeness (QED) is 0.456. The standard InChI is InChI=1S/C25H31N3O5S2/c1-4-33-20-9-12-22-23(16-20)34-25(28(22)14-15-32-3)26-24(29)19-6-5-13-27(17-19)35(30,31)21-10-7-18(2)8-11-21/h7-12,16,19H,4-6,13-15,17H2,1-3H3. The summed E-state index contributed by atoms with van der Waals surface area (Å²) in [5.41, 5.74) is 1.95. The average Bonchev–Trinajstić information content (AvgIpc) is 3.19. The Bertz CT molecular complexity index is 1360. The molecule has 0 N–H and O–H groups in total. The van der Waals surface area contributed by atoms with E-state index in [-0.39, 0.29) is 17.3 Å². The summed E-state index contributed by atoms with van der Waals surface area (Å²) in [7, 11) is -2.03. The van der Waals surface area contributed by atoms with Gasteiger partial charge in [-0.05, 0) is 57.0 Å². The van der Waals surface area contributed by atoms with Crippen LogP contribution in [0.2, 0.25) is 0 Å². The van der Waals surface area contributed by atoms with Gasteiger partial charge in [-0.1, -0.05) is 29.0 Å². The Balaban J connectivity index is 1.62. The summed E-state index contributed by atoms with van der Waals surface area (Å²) in [5.74, 6) is -0.0112. The van der Waals surface area contributed by atoms with Gasteiger partial charge in [-0.15, -0.1) is 0 Å². The van der Waals surface area contributed by atoms with Crippen molar-refractivity contribution in [1.82, 2.24) is 8.87 Å². The van der Waals surface area contributed by atoms with Crippen molar-refractivity contribution in [2.75, 3.05) is 33.4 Å². The van der Waals surface area contributed by atoms with Crippen LogP contribution in [0.15, 0.2) is 52.4 Å². The number of hydrogen-bond donors (Lipinski definition) is 0. The number of rotatable bonds is 8. The highest BCUT2D eigenvalue weighted by Crippen LogP contribution is 2.26. The van der Waals surface area contributed by atoms with E-state index >= 15 is 0 Å². The fourth-order valence-electron chi connectivity index (χ4n) is 4.20. The molecule has 0 aliphatic carbocycles. The Kier molecular flexibility index (Phi) is 8.05. The molecule has 10 heteroatoms. The number of benzene rings is 2. The number of amides is 1. The van der Waals surface area contributed by atoms with Crippen molar-refractivity contribution < 1.29 is 22.7 Å². The zero-order chi connectivity index (χ0) is 25.0. The maximum Gasteiger partial charge on any atom is 0.252 e. The van der Waals surface area contributed by atoms with Crippen molar-refractivity contribution in [3.05, 3.63) is 52.8 Å². The molecule has 1 unspecified atom stereocenters. The van der Waals surface area contributed by atoms with E-state index in [0.29, 0.717) is 43.9 Å². The van der Waals surface area contributed by atoms with Gasteiger partial charge in [0.2, 0.25) is 10.0 Å². The number of nitrogens with zero attached hydrogens (tertiary/aromatic N) is 3. The molecule has 1 aromatic heterocycles. The molecule has 1 saturated heterocycles. The second kappa shape index (κ2) is 11.0. The van der Waals surface area contributed by atoms with E-state index in [9.17, 15) is 13.2 Å². The zero-order valence-electron chi connectivity index (χ0n) is 20.3. The van der Waals surface area contributed by atoms with Crippen LogP contribution < -0.4 is 9.54 Å². The molecular weight excluding hydrogens is 486 g/mol. The minimum Gasteiger partial charge on any atom is -0.494 e. The SMILES string of the molecule is CCOc1ccc2c(c1)sc(=NC(=O)C1CCCN(S(=O)(=O)c3ccc(C)cc3)C1)n2CCOC. The van der Waals surface area contributed by atoms with E-state index in [2.05, 4.69) is 4.99 Å². The highest BCUT2D eigenvalue weighted by atomic mass is 32.2. The molecule has 0 spiro atoms. The lowest BCUT2D eigenvalue weighted by molar-refractivity contribution is -0.122. The molecule has 2 aromatic carbocycles. The van der Waals surface area contributed by atoms with E-state index in [1.54, 1.807) is 31.4 Å². The molecule has 0 saturated carbocycles. The Morgan fingerprint density at radius 3 is 2.69 bits per heavy atom. The molecule has 0 bridgehead atoms. The molecule has 2 heterocycles. The Morgan fingerprint density at radius 2 is 1.97 bits per heavy atom. The minimum atomic E-state index is -3.66. The summed E-state index contributed by atoms with van der Waals surface area (Å²) in [6.45, 7) is 5.98. The van der Waals surface area contributed by atoms with Crippen molar-refractivity contribution >= 4 is 37.5 Å². The van der Waals surface area contributed by atoms with Gasteiger partial charge in [0.25, 0.3) is 5.91 Å². The lowest BCUT2D eigenvalue weighted by atomic mass is 9.99. The predicted molar refractivity (Wildman–Crippen MR) is 136 cm³/mol. The van der Waals surface area contributed by atoms with Crippen LogP contribution in [-0.2, 0) is 26.1 Å². The first kappa shape index (κ1) is 25.6. The largest absolute Gasteiger partial charge is 0.494 e. The van der Waals surface area contributed by atoms with Crippen molar-refractivity contribution in [3.8, 4) is 5.75 Å². The third-order valence-electron chi connectivity index (χ3n) is 6.08. The fraction of sp³-hybridized carbons (Fsp3) is 0.440. The third kappa shape index (κ3) is 5.66. The second-order valence-electron chi connectivity index (χ2n) is 8.56. The predicted octanol–water partition coefficient (Wildman–Crippen LogP) is 3.58. The molecule has 1 fully saturated rings. The van der Waals surface area contributed by atoms with E-state index < -0.39 is 15.9 Å². The number of sulfonamides is 1. The van der Waals surface area contributed by atoms with Crippen LogP contribution in [0.3, 0.4) is 0 Å². The lowest BCUT2D eigenvalue weighted by Gasteiger charge is -2.30. The normalized spacial score (nSPS) is 17.7. The van der Waals surface area contributed by atoms with Gasteiger partial charge in [-0.2, -0.15) is 9.30 Å². The van der Waals surface area contributed by atoms with Gasteiger partial charge in [0.15, 0.2) is 4.80 Å². The number of aromatic nitrogens is 1. The number of aryl methyl sites for hydroxylation is 1. The summed E-state index contributed by atoms with van der Waals surface area (Å²) >= 11 is 1.42. The maximum atomic E-state index is 13.2. The summed E-state index contributed by atoms with van der Waals surface area (Å²) in [4.78, 5) is 18.5. The topological polar surface area (TPSA) is 90.2 Å². The van der Waals surface area contributed by atoms with Crippen LogP contribution in [0.1, 0.15) is 25.3 Å². The highest BCUT2D eigenvalue weighted by Gasteiger charge is 2.33. The van der Waals surface area contributed by atoms with Gasteiger partial charge in [-0.25, -0.2) is 8.42 Å². The number of ether oxygens (including phenoxy) is 2. The number of fused-ring (bicyclic) bond motifs is 1. The number of thiazole rings is 1. The summed E-state index contributed by atoms with van der Waals surface area (Å²) in [5, 5.41) is 0. The molecule has 0 radical (unpaired) electrons. The summed E-state index contributed by atoms with van der Waals surface area (Å²) < 4.78 is 41.5. The van der Waals surface area contributed by atoms with Gasteiger partial charge in [0.1, 0.15) is 5.75 Å². The van der Waals surface area contributed by atoms with Crippen molar-refractivity contribution in [1.29, 1.82) is 0 Å². The number of methoxy groups -OCH3 is 1. The Hall–Kier alpha value is -2.53. The van der Waals surface area contributed by atoms with Crippen LogP contribution in [0.4, 0.5) is 0 Å². The molecule has 1 aliphatic rings. The fourth-order valence-corrected chi connectivity index (χ4v) is 6.81. The second-order valence-corrected chi connectivity index (χ2v) is 11.5. The maximum absolute atomic E-state index is 13.2. The molecule has 1 atom stereocenters. The molecule has 8 nitrogen and oxygen atoms in total. The van der Waals surface area contributed by atoms with Gasteiger partial charge in [0.05, 0.1) is 34.2 Å². The van der Waals surface area contributed by atoms with Crippen molar-refractivity contribution in [3.63, 3.8) is 0 Å². The van der Waals surface area contributed by atoms with Gasteiger partial charge < -0.3 is 14.0 Å². The lowest BCUT2D eigenvalue weighted by Crippen LogP contribution is -2.42. The van der Waals surface area contributed by atoms with Crippen LogP contribution in [0.5, 0.6) is 5.75 Å². The van der Waals surface area contributed by atoms with Crippen molar-refractivity contribution in [2.45, 2.75) is 38.1 Å². The smallest absolute Gasteiger partial charge is 0.252 e. The zero-order valence-corrected chi connectivity index (χ0v) is 21.9. The molecule has 35 heavy (non-hydrogen) atoms. The summed E-state index contributed by atoms with van der Waals surface area (Å²) in [6, 6.07) is 12.6. The summed E-state index contributed by atoms with van der Waals surface area (Å²) in [6.07, 6.45) is 1.23.